The molecule has 0 aliphatic rings. The van der Waals surface area contributed by atoms with E-state index in [1.165, 1.54) is 30.3 Å². The molecule has 0 saturated carbocycles. The summed E-state index contributed by atoms with van der Waals surface area (Å²) < 4.78 is 72.1. The number of hydrogen-bond donors (Lipinski definition) is 0. The van der Waals surface area contributed by atoms with Gasteiger partial charge < -0.3 is 0 Å². The average molecular weight is 472 g/mol. The zero-order chi connectivity index (χ0) is 18.2. The van der Waals surface area contributed by atoms with E-state index < -0.39 is 39.5 Å². The molecule has 0 fully saturated rings. The van der Waals surface area contributed by atoms with Crippen LogP contribution in [0.1, 0.15) is 25.3 Å². The summed E-state index contributed by atoms with van der Waals surface area (Å²) in [5.41, 5.74) is 0.795. The molecule has 0 amide bonds. The van der Waals surface area contributed by atoms with Crippen molar-refractivity contribution in [1.82, 2.24) is 0 Å². The van der Waals surface area contributed by atoms with E-state index >= 15 is 2.86 Å². The van der Waals surface area contributed by atoms with E-state index in [2.05, 4.69) is 0 Å². The Balaban J connectivity index is 2.73. The van der Waals surface area contributed by atoms with Crippen LogP contribution >= 0.6 is 0 Å². The molecule has 2 rings (SSSR count). The van der Waals surface area contributed by atoms with Crippen molar-refractivity contribution in [2.45, 2.75) is 23.0 Å². The standard InChI is InChI=1S/C16H17F3IO3S/c1-12(2)13-8-10-15(11-9-13)20(19,14-6-4-3-5-7-14)16(17,18)24(21,22)23/h3-12H,1-2H3,(H,21,22,23)/q-1/p-1. The van der Waals surface area contributed by atoms with Crippen molar-refractivity contribution in [2.24, 2.45) is 0 Å². The average Bonchev–Trinajstić information content (AvgIpc) is 2.53. The van der Waals surface area contributed by atoms with Gasteiger partial charge in [0.15, 0.2) is 0 Å². The van der Waals surface area contributed by atoms with Crippen molar-refractivity contribution in [3.8, 4) is 0 Å². The molecule has 0 aliphatic carbocycles. The Bertz CT molecular complexity index is 808. The SMILES string of the molecule is CC(C)c1ccc([I-](F)(c2ccccc2)C(F)(F)S(=O)(=O)[O-])cc1. The Morgan fingerprint density at radius 3 is 1.83 bits per heavy atom. The third-order valence-electron chi connectivity index (χ3n) is 3.46. The van der Waals surface area contributed by atoms with Crippen molar-refractivity contribution < 1.29 is 43.6 Å². The molecule has 0 saturated heterocycles. The molecule has 0 heterocycles. The van der Waals surface area contributed by atoms with E-state index in [0.717, 1.165) is 29.8 Å². The summed E-state index contributed by atoms with van der Waals surface area (Å²) in [6, 6.07) is 11.7. The molecule has 0 aliphatic heterocycles. The van der Waals surface area contributed by atoms with E-state index in [1.54, 1.807) is 0 Å². The number of rotatable bonds is 5. The quantitative estimate of drug-likeness (QED) is 0.371. The predicted molar refractivity (Wildman–Crippen MR) is 80.1 cm³/mol. The monoisotopic (exact) mass is 472 g/mol. The molecule has 134 valence electrons. The summed E-state index contributed by atoms with van der Waals surface area (Å²) in [4.78, 5) is 0. The van der Waals surface area contributed by atoms with Gasteiger partial charge in [-0.2, -0.15) is 0 Å². The van der Waals surface area contributed by atoms with Crippen LogP contribution in [0.2, 0.25) is 0 Å². The van der Waals surface area contributed by atoms with Crippen molar-refractivity contribution in [3.63, 3.8) is 0 Å². The molecule has 0 aromatic heterocycles. The summed E-state index contributed by atoms with van der Waals surface area (Å²) in [5.74, 6) is 0.0973. The summed E-state index contributed by atoms with van der Waals surface area (Å²) in [6.07, 6.45) is 0. The molecule has 2 aromatic rings. The Morgan fingerprint density at radius 1 is 0.958 bits per heavy atom. The number of halogens is 4. The van der Waals surface area contributed by atoms with Crippen molar-refractivity contribution in [3.05, 3.63) is 67.3 Å². The Morgan fingerprint density at radius 2 is 1.42 bits per heavy atom. The van der Waals surface area contributed by atoms with Crippen LogP contribution in [0, 0.1) is 7.14 Å². The molecule has 2 aromatic carbocycles. The van der Waals surface area contributed by atoms with Gasteiger partial charge >= 0.3 is 144 Å². The first kappa shape index (κ1) is 19.2. The maximum absolute atomic E-state index is 15.7. The molecule has 0 bridgehead atoms. The van der Waals surface area contributed by atoms with Crippen LogP contribution < -0.4 is 19.0 Å². The van der Waals surface area contributed by atoms with Crippen LogP contribution in [0.4, 0.5) is 11.6 Å². The van der Waals surface area contributed by atoms with Gasteiger partial charge in [0.1, 0.15) is 0 Å². The van der Waals surface area contributed by atoms with Crippen molar-refractivity contribution in [1.29, 1.82) is 0 Å². The summed E-state index contributed by atoms with van der Waals surface area (Å²) >= 11 is -6.21. The van der Waals surface area contributed by atoms with Crippen LogP contribution in [0.5, 0.6) is 0 Å². The van der Waals surface area contributed by atoms with Gasteiger partial charge in [-0.05, 0) is 0 Å². The Kier molecular flexibility index (Phi) is 5.31. The van der Waals surface area contributed by atoms with Gasteiger partial charge in [-0.25, -0.2) is 0 Å². The van der Waals surface area contributed by atoms with Crippen LogP contribution in [0.3, 0.4) is 0 Å². The number of hydrogen-bond acceptors (Lipinski definition) is 3. The molecule has 1 unspecified atom stereocenters. The normalized spacial score (nSPS) is 16.6. The van der Waals surface area contributed by atoms with Crippen molar-refractivity contribution in [2.75, 3.05) is 0 Å². The van der Waals surface area contributed by atoms with E-state index in [1.807, 2.05) is 13.8 Å². The third-order valence-corrected chi connectivity index (χ3v) is 13.7. The van der Waals surface area contributed by atoms with E-state index in [0.29, 0.717) is 0 Å². The molecular weight excluding hydrogens is 456 g/mol. The zero-order valence-electron chi connectivity index (χ0n) is 12.9. The van der Waals surface area contributed by atoms with E-state index in [9.17, 15) is 21.8 Å². The first-order chi connectivity index (χ1) is 11.0. The first-order valence-electron chi connectivity index (χ1n) is 6.97. The van der Waals surface area contributed by atoms with Gasteiger partial charge in [0.2, 0.25) is 0 Å². The van der Waals surface area contributed by atoms with Gasteiger partial charge in [0, 0.05) is 0 Å². The molecular formula is C16H16F3IO3S-2. The second kappa shape index (κ2) is 6.64. The minimum absolute atomic E-state index is 0.0973. The third kappa shape index (κ3) is 3.18. The zero-order valence-corrected chi connectivity index (χ0v) is 15.9. The molecule has 0 spiro atoms. The molecule has 3 nitrogen and oxygen atoms in total. The number of benzene rings is 2. The summed E-state index contributed by atoms with van der Waals surface area (Å²) in [5, 5.41) is 0. The van der Waals surface area contributed by atoms with Crippen LogP contribution in [-0.2, 0) is 10.1 Å². The second-order valence-electron chi connectivity index (χ2n) is 5.40. The number of alkyl halides is 3. The van der Waals surface area contributed by atoms with E-state index in [-0.39, 0.29) is 5.92 Å². The fraction of sp³-hybridized carbons (Fsp3) is 0.250. The maximum atomic E-state index is 15.7. The van der Waals surface area contributed by atoms with E-state index in [4.69, 9.17) is 0 Å². The summed E-state index contributed by atoms with van der Waals surface area (Å²) in [7, 11) is -6.16. The fourth-order valence-electron chi connectivity index (χ4n) is 2.12. The molecule has 24 heavy (non-hydrogen) atoms. The molecule has 0 radical (unpaired) electrons. The van der Waals surface area contributed by atoms with Gasteiger partial charge in [0.25, 0.3) is 0 Å². The first-order valence-corrected chi connectivity index (χ1v) is 12.4. The van der Waals surface area contributed by atoms with Crippen molar-refractivity contribution >= 4 is 10.1 Å². The molecule has 0 N–H and O–H groups in total. The molecule has 1 atom stereocenters. The van der Waals surface area contributed by atoms with Gasteiger partial charge in [-0.3, -0.25) is 0 Å². The fourth-order valence-corrected chi connectivity index (χ4v) is 10.7. The van der Waals surface area contributed by atoms with Gasteiger partial charge in [0.05, 0.1) is 0 Å². The Labute approximate surface area is 143 Å². The van der Waals surface area contributed by atoms with Crippen LogP contribution in [0.25, 0.3) is 0 Å². The topological polar surface area (TPSA) is 57.2 Å². The van der Waals surface area contributed by atoms with Crippen LogP contribution in [0.15, 0.2) is 54.6 Å². The van der Waals surface area contributed by atoms with Gasteiger partial charge in [-0.1, -0.05) is 0 Å². The van der Waals surface area contributed by atoms with Gasteiger partial charge in [-0.15, -0.1) is 0 Å². The predicted octanol–water partition coefficient (Wildman–Crippen LogP) is 0.990. The second-order valence-corrected chi connectivity index (χ2v) is 14.2. The van der Waals surface area contributed by atoms with Crippen LogP contribution in [-0.4, -0.2) is 16.2 Å². The minimum atomic E-state index is -6.21. The molecule has 8 heteroatoms. The Hall–Kier alpha value is -1.13. The summed E-state index contributed by atoms with van der Waals surface area (Å²) in [6.45, 7) is 3.76.